The summed E-state index contributed by atoms with van der Waals surface area (Å²) in [6.45, 7) is 0.797. The molecule has 0 spiro atoms. The Hall–Kier alpha value is -2.13. The summed E-state index contributed by atoms with van der Waals surface area (Å²) in [5, 5.41) is 0. The van der Waals surface area contributed by atoms with Crippen molar-refractivity contribution in [3.63, 3.8) is 0 Å². The van der Waals surface area contributed by atoms with Crippen molar-refractivity contribution in [2.45, 2.75) is 37.8 Å². The van der Waals surface area contributed by atoms with Gasteiger partial charge in [0.15, 0.2) is 6.10 Å². The van der Waals surface area contributed by atoms with Crippen LogP contribution in [0.5, 0.6) is 0 Å². The topological polar surface area (TPSA) is 29.5 Å². The van der Waals surface area contributed by atoms with Crippen LogP contribution in [0.1, 0.15) is 49.0 Å². The number of rotatable bonds is 4. The molecule has 1 fully saturated rings. The molecule has 2 aromatic carbocycles. The van der Waals surface area contributed by atoms with Crippen molar-refractivity contribution in [3.05, 3.63) is 71.8 Å². The molecule has 1 aliphatic rings. The number of ether oxygens (including phenoxy) is 1. The van der Waals surface area contributed by atoms with Crippen LogP contribution in [0.2, 0.25) is 0 Å². The number of carbonyl (C=O) groups excluding carboxylic acids is 1. The molecule has 0 N–H and O–H groups in total. The number of hydrogen-bond acceptors (Lipinski definition) is 2. The molecule has 1 unspecified atom stereocenters. The van der Waals surface area contributed by atoms with Crippen molar-refractivity contribution >= 4 is 5.91 Å². The van der Waals surface area contributed by atoms with E-state index in [1.54, 1.807) is 7.11 Å². The number of methoxy groups -OCH3 is 1. The van der Waals surface area contributed by atoms with Crippen molar-refractivity contribution in [1.82, 2.24) is 4.90 Å². The van der Waals surface area contributed by atoms with Gasteiger partial charge < -0.3 is 9.64 Å². The van der Waals surface area contributed by atoms with Gasteiger partial charge in [0.1, 0.15) is 0 Å². The number of hydrogen-bond donors (Lipinski definition) is 0. The molecule has 3 heteroatoms. The molecule has 0 saturated carbocycles. The van der Waals surface area contributed by atoms with Gasteiger partial charge in [-0.25, -0.2) is 0 Å². The largest absolute Gasteiger partial charge is 0.367 e. The zero-order valence-corrected chi connectivity index (χ0v) is 14.2. The molecule has 2 atom stereocenters. The molecule has 0 aliphatic carbocycles. The Morgan fingerprint density at radius 3 is 2.33 bits per heavy atom. The van der Waals surface area contributed by atoms with Gasteiger partial charge in [-0.1, -0.05) is 73.5 Å². The molecule has 1 heterocycles. The fourth-order valence-electron chi connectivity index (χ4n) is 3.55. The summed E-state index contributed by atoms with van der Waals surface area (Å²) >= 11 is 0. The van der Waals surface area contributed by atoms with Crippen molar-refractivity contribution in [2.24, 2.45) is 0 Å². The Kier molecular flexibility index (Phi) is 5.65. The van der Waals surface area contributed by atoms with Gasteiger partial charge in [-0.05, 0) is 24.0 Å². The van der Waals surface area contributed by atoms with E-state index in [0.29, 0.717) is 0 Å². The lowest BCUT2D eigenvalue weighted by molar-refractivity contribution is -0.145. The lowest BCUT2D eigenvalue weighted by atomic mass is 9.99. The fourth-order valence-corrected chi connectivity index (χ4v) is 3.55. The van der Waals surface area contributed by atoms with Gasteiger partial charge in [-0.2, -0.15) is 0 Å². The molecule has 1 aliphatic heterocycles. The predicted octanol–water partition coefficient (Wildman–Crippen LogP) is 4.52. The lowest BCUT2D eigenvalue weighted by Gasteiger charge is -2.33. The van der Waals surface area contributed by atoms with Gasteiger partial charge in [0, 0.05) is 13.7 Å². The summed E-state index contributed by atoms with van der Waals surface area (Å²) in [7, 11) is 1.62. The second-order valence-electron chi connectivity index (χ2n) is 6.33. The van der Waals surface area contributed by atoms with Gasteiger partial charge in [0.2, 0.25) is 0 Å². The molecular weight excluding hydrogens is 298 g/mol. The highest BCUT2D eigenvalue weighted by molar-refractivity contribution is 5.83. The van der Waals surface area contributed by atoms with E-state index in [4.69, 9.17) is 4.74 Å². The monoisotopic (exact) mass is 323 g/mol. The van der Waals surface area contributed by atoms with E-state index < -0.39 is 6.10 Å². The van der Waals surface area contributed by atoms with Crippen molar-refractivity contribution < 1.29 is 9.53 Å². The Morgan fingerprint density at radius 1 is 1.00 bits per heavy atom. The minimum Gasteiger partial charge on any atom is -0.367 e. The Balaban J connectivity index is 1.89. The van der Waals surface area contributed by atoms with Crippen LogP contribution in [0.25, 0.3) is 0 Å². The zero-order valence-electron chi connectivity index (χ0n) is 14.2. The Labute approximate surface area is 144 Å². The van der Waals surface area contributed by atoms with Crippen molar-refractivity contribution in [1.29, 1.82) is 0 Å². The molecular formula is C21H25NO2. The van der Waals surface area contributed by atoms with E-state index in [1.807, 2.05) is 53.4 Å². The summed E-state index contributed by atoms with van der Waals surface area (Å²) in [5.41, 5.74) is 2.14. The molecule has 24 heavy (non-hydrogen) atoms. The van der Waals surface area contributed by atoms with E-state index in [9.17, 15) is 4.79 Å². The Morgan fingerprint density at radius 2 is 1.67 bits per heavy atom. The van der Waals surface area contributed by atoms with Crippen LogP contribution < -0.4 is 0 Å². The maximum atomic E-state index is 13.3. The average molecular weight is 323 g/mol. The van der Waals surface area contributed by atoms with Crippen LogP contribution in [0, 0.1) is 0 Å². The summed E-state index contributed by atoms with van der Waals surface area (Å²) in [4.78, 5) is 15.3. The fraction of sp³-hybridized carbons (Fsp3) is 0.381. The second kappa shape index (κ2) is 8.11. The van der Waals surface area contributed by atoms with Crippen molar-refractivity contribution in [3.8, 4) is 0 Å². The summed E-state index contributed by atoms with van der Waals surface area (Å²) in [5.74, 6) is 0.0689. The molecule has 2 aromatic rings. The zero-order chi connectivity index (χ0) is 16.8. The third kappa shape index (κ3) is 3.68. The first kappa shape index (κ1) is 16.7. The van der Waals surface area contributed by atoms with Gasteiger partial charge >= 0.3 is 0 Å². The number of benzene rings is 2. The van der Waals surface area contributed by atoms with Crippen LogP contribution >= 0.6 is 0 Å². The molecule has 3 rings (SSSR count). The van der Waals surface area contributed by atoms with Gasteiger partial charge in [0.25, 0.3) is 5.91 Å². The SMILES string of the molecule is CO[C@H](C(=O)N1CCCCCC1c1ccccc1)c1ccccc1. The van der Waals surface area contributed by atoms with Crippen LogP contribution in [0.3, 0.4) is 0 Å². The van der Waals surface area contributed by atoms with E-state index in [-0.39, 0.29) is 11.9 Å². The van der Waals surface area contributed by atoms with Gasteiger partial charge in [-0.3, -0.25) is 4.79 Å². The van der Waals surface area contributed by atoms with E-state index in [2.05, 4.69) is 12.1 Å². The number of amides is 1. The minimum atomic E-state index is -0.532. The highest BCUT2D eigenvalue weighted by Crippen LogP contribution is 2.33. The molecule has 1 saturated heterocycles. The third-order valence-electron chi connectivity index (χ3n) is 4.78. The first-order valence-electron chi connectivity index (χ1n) is 8.74. The first-order valence-corrected chi connectivity index (χ1v) is 8.74. The molecule has 126 valence electrons. The average Bonchev–Trinajstić information content (AvgIpc) is 2.90. The smallest absolute Gasteiger partial charge is 0.256 e. The molecule has 0 aromatic heterocycles. The number of nitrogens with zero attached hydrogens (tertiary/aromatic N) is 1. The molecule has 1 amide bonds. The number of carbonyl (C=O) groups is 1. The van der Waals surface area contributed by atoms with Crippen LogP contribution in [0.15, 0.2) is 60.7 Å². The summed E-state index contributed by atoms with van der Waals surface area (Å²) < 4.78 is 5.59. The normalized spacial score (nSPS) is 19.5. The van der Waals surface area contributed by atoms with Crippen LogP contribution in [-0.2, 0) is 9.53 Å². The Bertz CT molecular complexity index is 641. The van der Waals surface area contributed by atoms with E-state index in [0.717, 1.165) is 31.4 Å². The molecule has 3 nitrogen and oxygen atoms in total. The predicted molar refractivity (Wildman–Crippen MR) is 95.6 cm³/mol. The first-order chi connectivity index (χ1) is 11.8. The van der Waals surface area contributed by atoms with Gasteiger partial charge in [-0.15, -0.1) is 0 Å². The van der Waals surface area contributed by atoms with E-state index in [1.165, 1.54) is 12.0 Å². The standard InChI is InChI=1S/C21H25NO2/c1-24-20(18-13-7-3-8-14-18)21(23)22-16-10-4-9-15-19(22)17-11-5-2-6-12-17/h2-3,5-8,11-14,19-20H,4,9-10,15-16H2,1H3/t19?,20-/m0/s1. The number of likely N-dealkylation sites (tertiary alicyclic amines) is 1. The third-order valence-corrected chi connectivity index (χ3v) is 4.78. The lowest BCUT2D eigenvalue weighted by Crippen LogP contribution is -2.38. The van der Waals surface area contributed by atoms with Crippen LogP contribution in [-0.4, -0.2) is 24.5 Å². The minimum absolute atomic E-state index is 0.0689. The highest BCUT2D eigenvalue weighted by Gasteiger charge is 2.32. The quantitative estimate of drug-likeness (QED) is 0.828. The molecule has 0 bridgehead atoms. The highest BCUT2D eigenvalue weighted by atomic mass is 16.5. The molecule has 0 radical (unpaired) electrons. The van der Waals surface area contributed by atoms with E-state index >= 15 is 0 Å². The second-order valence-corrected chi connectivity index (χ2v) is 6.33. The summed E-state index contributed by atoms with van der Waals surface area (Å²) in [6.07, 6.45) is 3.87. The maximum absolute atomic E-state index is 13.3. The van der Waals surface area contributed by atoms with Gasteiger partial charge in [0.05, 0.1) is 6.04 Å². The van der Waals surface area contributed by atoms with Crippen molar-refractivity contribution in [2.75, 3.05) is 13.7 Å². The maximum Gasteiger partial charge on any atom is 0.256 e. The summed E-state index contributed by atoms with van der Waals surface area (Å²) in [6, 6.07) is 20.3. The van der Waals surface area contributed by atoms with Crippen LogP contribution in [0.4, 0.5) is 0 Å².